The summed E-state index contributed by atoms with van der Waals surface area (Å²) >= 11 is 0. The lowest BCUT2D eigenvalue weighted by atomic mass is 9.73. The second-order valence-corrected chi connectivity index (χ2v) is 15.3. The van der Waals surface area contributed by atoms with Crippen LogP contribution in [0.2, 0.25) is 0 Å². The Balaban J connectivity index is 2.15. The van der Waals surface area contributed by atoms with Gasteiger partial charge in [-0.05, 0) is 79.4 Å². The van der Waals surface area contributed by atoms with E-state index in [-0.39, 0.29) is 43.9 Å². The molecule has 0 aliphatic carbocycles. The molecule has 13 atom stereocenters. The van der Waals surface area contributed by atoms with Gasteiger partial charge in [-0.25, -0.2) is 14.0 Å². The van der Waals surface area contributed by atoms with Crippen molar-refractivity contribution in [2.75, 3.05) is 34.3 Å². The zero-order valence-corrected chi connectivity index (χ0v) is 32.0. The van der Waals surface area contributed by atoms with Crippen LogP contribution in [0.5, 0.6) is 0 Å². The fraction of sp³-hybridized carbons (Fsp3) is 0.886. The lowest BCUT2D eigenvalue weighted by Gasteiger charge is -2.47. The Bertz CT molecular complexity index is 1330. The summed E-state index contributed by atoms with van der Waals surface area (Å²) in [5, 5.41) is 14.9. The number of halogens is 1. The molecule has 290 valence electrons. The number of Topliss-reactive ketones (excluding diaryl/α,β-unsaturated/α-hetero) is 2. The average Bonchev–Trinajstić information content (AvgIpc) is 3.33. The molecule has 3 rings (SSSR count). The number of ketones is 2. The van der Waals surface area contributed by atoms with Crippen LogP contribution in [-0.2, 0) is 38.1 Å². The Morgan fingerprint density at radius 2 is 1.75 bits per heavy atom. The number of rotatable bonds is 10. The van der Waals surface area contributed by atoms with E-state index >= 15 is 4.39 Å². The second kappa shape index (κ2) is 16.9. The molecule has 3 fully saturated rings. The molecule has 3 aliphatic rings. The molecule has 3 saturated heterocycles. The van der Waals surface area contributed by atoms with Crippen molar-refractivity contribution in [1.82, 2.24) is 9.80 Å². The van der Waals surface area contributed by atoms with Gasteiger partial charge >= 0.3 is 12.1 Å². The molecule has 51 heavy (non-hydrogen) atoms. The van der Waals surface area contributed by atoms with Gasteiger partial charge in [-0.1, -0.05) is 32.8 Å². The summed E-state index contributed by atoms with van der Waals surface area (Å²) in [7, 11) is 5.01. The summed E-state index contributed by atoms with van der Waals surface area (Å²) in [6, 6.07) is -1.31. The fourth-order valence-electron chi connectivity index (χ4n) is 8.22. The smallest absolute Gasteiger partial charge is 0.410 e. The van der Waals surface area contributed by atoms with Gasteiger partial charge in [0.2, 0.25) is 0 Å². The van der Waals surface area contributed by atoms with Crippen LogP contribution in [0.4, 0.5) is 9.18 Å². The van der Waals surface area contributed by atoms with Gasteiger partial charge in [-0.15, -0.1) is 0 Å². The van der Waals surface area contributed by atoms with Gasteiger partial charge in [0.05, 0.1) is 23.9 Å². The summed E-state index contributed by atoms with van der Waals surface area (Å²) in [4.78, 5) is 61.7. The molecule has 0 aromatic carbocycles. The van der Waals surface area contributed by atoms with E-state index in [2.05, 4.69) is 10.0 Å². The molecule has 15 nitrogen and oxygen atoms in total. The molecule has 3 aliphatic heterocycles. The SMILES string of the molecule is CC[C@H]1OC(=O)[C@@](C)(F)C(=O)[C@H](C)[C@@H](O[C@@H]2OC(C)CC(N(C)C)C2O)[C@](C)(OC)C[C@@H](C)C(=O)[C@H](C)[C@H]2N(CCCCN=[N+]=[N-])C(=O)O[C@]12C. The number of aliphatic hydroxyl groups excluding tert-OH is 1. The van der Waals surface area contributed by atoms with Gasteiger partial charge in [0.1, 0.15) is 18.0 Å². The number of ether oxygens (including phenoxy) is 5. The largest absolute Gasteiger partial charge is 0.455 e. The summed E-state index contributed by atoms with van der Waals surface area (Å²) < 4.78 is 46.8. The summed E-state index contributed by atoms with van der Waals surface area (Å²) in [6.07, 6.45) is -4.59. The van der Waals surface area contributed by atoms with Crippen LogP contribution in [0.1, 0.15) is 87.5 Å². The first-order chi connectivity index (χ1) is 23.7. The van der Waals surface area contributed by atoms with Crippen molar-refractivity contribution in [2.45, 2.75) is 147 Å². The molecule has 0 bridgehead atoms. The monoisotopic (exact) mass is 727 g/mol. The van der Waals surface area contributed by atoms with Crippen LogP contribution in [0.25, 0.3) is 10.4 Å². The number of cyclic esters (lactones) is 1. The van der Waals surface area contributed by atoms with Crippen LogP contribution in [-0.4, -0.2) is 132 Å². The number of hydrogen-bond donors (Lipinski definition) is 1. The van der Waals surface area contributed by atoms with Gasteiger partial charge in [0, 0.05) is 48.9 Å². The van der Waals surface area contributed by atoms with E-state index in [9.17, 15) is 24.3 Å². The maximum Gasteiger partial charge on any atom is 0.410 e. The maximum absolute atomic E-state index is 16.7. The standard InChI is InChI=1S/C35H58FN5O10/c1-12-24-35(8)27(41(32(46)51-35)16-14-13-15-38-39-37)21(4)25(42)19(2)18-33(6,47-11)29(22(5)28(44)34(7,36)31(45)49-24)50-30-26(43)23(40(9)10)17-20(3)48-30/h19-24,26-27,29-30,43H,12-18H2,1-11H3/t19-,20?,21+,22+,23?,24-,26?,27-,29-,30+,33-,34+,35-/m1/s1. The average molecular weight is 728 g/mol. The number of alkyl halides is 1. The molecule has 1 amide bonds. The number of carbonyl (C=O) groups is 4. The lowest BCUT2D eigenvalue weighted by Crippen LogP contribution is -2.61. The van der Waals surface area contributed by atoms with Gasteiger partial charge < -0.3 is 38.6 Å². The maximum atomic E-state index is 16.7. The first-order valence-corrected chi connectivity index (χ1v) is 17.9. The minimum absolute atomic E-state index is 0.0144. The minimum atomic E-state index is -3.18. The van der Waals surface area contributed by atoms with Crippen molar-refractivity contribution in [2.24, 2.45) is 22.9 Å². The minimum Gasteiger partial charge on any atom is -0.455 e. The normalized spacial score (nSPS) is 41.4. The predicted octanol–water partition coefficient (Wildman–Crippen LogP) is 4.37. The Hall–Kier alpha value is -2.88. The number of likely N-dealkylation sites (N-methyl/N-ethyl adjacent to an activating group) is 1. The van der Waals surface area contributed by atoms with Crippen molar-refractivity contribution in [3.63, 3.8) is 0 Å². The zero-order valence-electron chi connectivity index (χ0n) is 32.0. The quantitative estimate of drug-likeness (QED) is 0.0840. The number of azide groups is 1. The van der Waals surface area contributed by atoms with Crippen molar-refractivity contribution < 1.29 is 52.4 Å². The number of methoxy groups -OCH3 is 1. The van der Waals surface area contributed by atoms with Crippen LogP contribution in [0.3, 0.4) is 0 Å². The van der Waals surface area contributed by atoms with Crippen LogP contribution >= 0.6 is 0 Å². The fourth-order valence-corrected chi connectivity index (χ4v) is 8.22. The summed E-state index contributed by atoms with van der Waals surface area (Å²) in [5.74, 6) is -5.88. The molecule has 1 N–H and O–H groups in total. The molecule has 16 heteroatoms. The van der Waals surface area contributed by atoms with E-state index < -0.39 is 83.1 Å². The number of aliphatic hydroxyl groups is 1. The highest BCUT2D eigenvalue weighted by molar-refractivity contribution is 6.08. The molecular formula is C35H58FN5O10. The first kappa shape index (κ1) is 42.5. The van der Waals surface area contributed by atoms with Gasteiger partial charge in [0.25, 0.3) is 5.67 Å². The summed E-state index contributed by atoms with van der Waals surface area (Å²) in [6.45, 7) is 12.7. The number of hydrogen-bond acceptors (Lipinski definition) is 12. The Morgan fingerprint density at radius 1 is 1.10 bits per heavy atom. The summed E-state index contributed by atoms with van der Waals surface area (Å²) in [5.41, 5.74) is 2.42. The Labute approximate surface area is 300 Å². The molecule has 0 saturated carbocycles. The molecular weight excluding hydrogens is 669 g/mol. The molecule has 0 aromatic rings. The Kier molecular flexibility index (Phi) is 14.1. The first-order valence-electron chi connectivity index (χ1n) is 17.9. The molecule has 0 spiro atoms. The molecule has 0 aromatic heterocycles. The number of esters is 1. The highest BCUT2D eigenvalue weighted by Crippen LogP contribution is 2.43. The van der Waals surface area contributed by atoms with Crippen molar-refractivity contribution in [1.29, 1.82) is 0 Å². The highest BCUT2D eigenvalue weighted by atomic mass is 19.1. The number of amides is 1. The van der Waals surface area contributed by atoms with E-state index in [0.717, 1.165) is 6.92 Å². The third kappa shape index (κ3) is 8.68. The molecule has 3 unspecified atom stereocenters. The number of unbranched alkanes of at least 4 members (excludes halogenated alkanes) is 1. The molecule has 3 heterocycles. The van der Waals surface area contributed by atoms with Crippen LogP contribution < -0.4 is 0 Å². The van der Waals surface area contributed by atoms with Crippen LogP contribution in [0.15, 0.2) is 5.11 Å². The van der Waals surface area contributed by atoms with E-state index in [1.54, 1.807) is 34.6 Å². The molecule has 0 radical (unpaired) electrons. The van der Waals surface area contributed by atoms with Crippen LogP contribution in [0, 0.1) is 17.8 Å². The van der Waals surface area contributed by atoms with E-state index in [1.165, 1.54) is 18.9 Å². The Morgan fingerprint density at radius 3 is 2.31 bits per heavy atom. The number of fused-ring (bicyclic) bond motifs is 1. The second-order valence-electron chi connectivity index (χ2n) is 15.3. The third-order valence-electron chi connectivity index (χ3n) is 11.2. The third-order valence-corrected chi connectivity index (χ3v) is 11.2. The van der Waals surface area contributed by atoms with Gasteiger partial charge in [-0.2, -0.15) is 0 Å². The van der Waals surface area contributed by atoms with Crippen molar-refractivity contribution in [3.05, 3.63) is 10.4 Å². The van der Waals surface area contributed by atoms with E-state index in [0.29, 0.717) is 19.3 Å². The number of nitrogens with zero attached hydrogens (tertiary/aromatic N) is 5. The van der Waals surface area contributed by atoms with Gasteiger partial charge in [-0.3, -0.25) is 9.59 Å². The van der Waals surface area contributed by atoms with Crippen molar-refractivity contribution in [3.8, 4) is 0 Å². The van der Waals surface area contributed by atoms with E-state index in [1.807, 2.05) is 25.9 Å². The number of carbonyl (C=O) groups excluding carboxylic acids is 4. The van der Waals surface area contributed by atoms with Crippen molar-refractivity contribution >= 4 is 23.6 Å². The van der Waals surface area contributed by atoms with Gasteiger partial charge in [0.15, 0.2) is 17.7 Å². The lowest BCUT2D eigenvalue weighted by molar-refractivity contribution is -0.295. The van der Waals surface area contributed by atoms with E-state index in [4.69, 9.17) is 29.2 Å². The predicted molar refractivity (Wildman–Crippen MR) is 183 cm³/mol. The highest BCUT2D eigenvalue weighted by Gasteiger charge is 2.61. The topological polar surface area (TPSA) is 190 Å². The zero-order chi connectivity index (χ0) is 38.6.